The molecule has 0 spiro atoms. The fourth-order valence-corrected chi connectivity index (χ4v) is 2.88. The number of oxazole rings is 1. The summed E-state index contributed by atoms with van der Waals surface area (Å²) in [5.74, 6) is 2.06. The van der Waals surface area contributed by atoms with Crippen molar-refractivity contribution in [1.82, 2.24) is 10.3 Å². The van der Waals surface area contributed by atoms with Gasteiger partial charge in [0.15, 0.2) is 0 Å². The van der Waals surface area contributed by atoms with Gasteiger partial charge < -0.3 is 19.2 Å². The molecule has 1 heterocycles. The third-order valence-corrected chi connectivity index (χ3v) is 4.49. The van der Waals surface area contributed by atoms with Gasteiger partial charge in [-0.1, -0.05) is 37.8 Å². The number of rotatable bonds is 10. The van der Waals surface area contributed by atoms with Gasteiger partial charge in [-0.25, -0.2) is 4.98 Å². The summed E-state index contributed by atoms with van der Waals surface area (Å²) in [5, 5.41) is 3.03. The molecule has 1 aromatic heterocycles. The van der Waals surface area contributed by atoms with Gasteiger partial charge in [0, 0.05) is 12.1 Å². The fraction of sp³-hybridized carbons (Fsp3) is 0.333. The molecule has 3 aromatic rings. The highest BCUT2D eigenvalue weighted by Gasteiger charge is 2.11. The highest BCUT2D eigenvalue weighted by Crippen LogP contribution is 2.22. The first-order valence-electron chi connectivity index (χ1n) is 9.66. The van der Waals surface area contributed by atoms with Crippen LogP contribution in [0, 0.1) is 6.92 Å². The van der Waals surface area contributed by atoms with E-state index < -0.39 is 0 Å². The topological polar surface area (TPSA) is 73.6 Å². The first kappa shape index (κ1) is 23.2. The van der Waals surface area contributed by atoms with E-state index in [0.717, 1.165) is 41.2 Å². The molecule has 160 valence electrons. The highest BCUT2D eigenvalue weighted by atomic mass is 16.5. The molecule has 2 aromatic carbocycles. The predicted molar refractivity (Wildman–Crippen MR) is 117 cm³/mol. The Balaban J connectivity index is 0.00000320. The highest BCUT2D eigenvalue weighted by molar-refractivity contribution is 5.71. The lowest BCUT2D eigenvalue weighted by Gasteiger charge is -2.07. The van der Waals surface area contributed by atoms with Crippen molar-refractivity contribution in [2.75, 3.05) is 20.3 Å². The summed E-state index contributed by atoms with van der Waals surface area (Å²) in [6.07, 6.45) is 1.65. The Morgan fingerprint density at radius 3 is 2.53 bits per heavy atom. The van der Waals surface area contributed by atoms with Crippen LogP contribution in [0.15, 0.2) is 59.0 Å². The van der Waals surface area contributed by atoms with Crippen molar-refractivity contribution in [1.29, 1.82) is 0 Å². The number of esters is 1. The molecular formula is C24H30N2O4. The summed E-state index contributed by atoms with van der Waals surface area (Å²) in [5.41, 5.74) is 3.03. The molecule has 0 radical (unpaired) electrons. The number of nitrogens with zero attached hydrogens (tertiary/aromatic N) is 1. The zero-order chi connectivity index (χ0) is 20.5. The average molecular weight is 411 g/mol. The normalized spacial score (nSPS) is 10.3. The van der Waals surface area contributed by atoms with Gasteiger partial charge in [0.05, 0.1) is 26.0 Å². The number of ether oxygens (including phenoxy) is 2. The van der Waals surface area contributed by atoms with Gasteiger partial charge in [0.25, 0.3) is 0 Å². The van der Waals surface area contributed by atoms with Gasteiger partial charge in [-0.15, -0.1) is 0 Å². The van der Waals surface area contributed by atoms with Crippen LogP contribution in [0.4, 0.5) is 0 Å². The van der Waals surface area contributed by atoms with E-state index in [9.17, 15) is 4.79 Å². The summed E-state index contributed by atoms with van der Waals surface area (Å²) in [6.45, 7) is 3.35. The summed E-state index contributed by atoms with van der Waals surface area (Å²) in [4.78, 5) is 15.7. The minimum atomic E-state index is -0.275. The average Bonchev–Trinajstić information content (AvgIpc) is 3.13. The van der Waals surface area contributed by atoms with Crippen molar-refractivity contribution in [3.05, 3.63) is 71.6 Å². The van der Waals surface area contributed by atoms with Crippen LogP contribution in [0.3, 0.4) is 0 Å². The number of aromatic nitrogens is 1. The second-order valence-corrected chi connectivity index (χ2v) is 6.66. The summed E-state index contributed by atoms with van der Waals surface area (Å²) < 4.78 is 16.2. The Morgan fingerprint density at radius 2 is 1.83 bits per heavy atom. The molecule has 30 heavy (non-hydrogen) atoms. The van der Waals surface area contributed by atoms with Crippen molar-refractivity contribution in [2.24, 2.45) is 0 Å². The van der Waals surface area contributed by atoms with Gasteiger partial charge in [-0.3, -0.25) is 4.79 Å². The molecule has 0 unspecified atom stereocenters. The lowest BCUT2D eigenvalue weighted by atomic mass is 10.2. The maximum Gasteiger partial charge on any atom is 0.319 e. The lowest BCUT2D eigenvalue weighted by Crippen LogP contribution is -2.23. The molecule has 6 heteroatoms. The zero-order valence-electron chi connectivity index (χ0n) is 16.8. The Labute approximate surface area is 178 Å². The third-order valence-electron chi connectivity index (χ3n) is 4.49. The zero-order valence-corrected chi connectivity index (χ0v) is 16.8. The Morgan fingerprint density at radius 1 is 1.10 bits per heavy atom. The standard InChI is InChI=1S/C23H26N2O4.CH4/c1-17-21(25-23(29-17)19-7-4-3-5-8-19)9-6-14-28-20-12-10-18(11-13-20)15-24-16-22(26)27-2;/h3-5,7-8,10-13,24H,6,9,14-16H2,1-2H3;1H4. The number of hydrogen-bond donors (Lipinski definition) is 1. The number of methoxy groups -OCH3 is 1. The number of carbonyl (C=O) groups excluding carboxylic acids is 1. The van der Waals surface area contributed by atoms with E-state index >= 15 is 0 Å². The van der Waals surface area contributed by atoms with Gasteiger partial charge in [0.2, 0.25) is 5.89 Å². The second kappa shape index (κ2) is 11.8. The van der Waals surface area contributed by atoms with E-state index in [0.29, 0.717) is 19.0 Å². The first-order chi connectivity index (χ1) is 14.2. The molecule has 0 atom stereocenters. The van der Waals surface area contributed by atoms with Crippen molar-refractivity contribution in [3.8, 4) is 17.2 Å². The minimum Gasteiger partial charge on any atom is -0.494 e. The number of aryl methyl sites for hydroxylation is 2. The smallest absolute Gasteiger partial charge is 0.319 e. The van der Waals surface area contributed by atoms with Crippen molar-refractivity contribution in [2.45, 2.75) is 33.7 Å². The Kier molecular flexibility index (Phi) is 9.09. The van der Waals surface area contributed by atoms with Gasteiger partial charge in [-0.2, -0.15) is 0 Å². The molecule has 3 rings (SSSR count). The van der Waals surface area contributed by atoms with E-state index in [1.807, 2.05) is 61.5 Å². The lowest BCUT2D eigenvalue weighted by molar-refractivity contribution is -0.139. The predicted octanol–water partition coefficient (Wildman–Crippen LogP) is 4.56. The minimum absolute atomic E-state index is 0. The third kappa shape index (κ3) is 6.74. The molecule has 0 fully saturated rings. The number of benzene rings is 2. The van der Waals surface area contributed by atoms with E-state index in [1.165, 1.54) is 7.11 Å². The summed E-state index contributed by atoms with van der Waals surface area (Å²) in [6, 6.07) is 17.7. The Hall–Kier alpha value is -3.12. The van der Waals surface area contributed by atoms with Crippen LogP contribution in [0.2, 0.25) is 0 Å². The first-order valence-corrected chi connectivity index (χ1v) is 9.66. The maximum absolute atomic E-state index is 11.1. The van der Waals surface area contributed by atoms with Crippen molar-refractivity contribution >= 4 is 5.97 Å². The van der Waals surface area contributed by atoms with Crippen LogP contribution in [-0.2, 0) is 22.5 Å². The molecule has 0 saturated carbocycles. The molecule has 6 nitrogen and oxygen atoms in total. The van der Waals surface area contributed by atoms with E-state index in [1.54, 1.807) is 0 Å². The van der Waals surface area contributed by atoms with Gasteiger partial charge in [-0.05, 0) is 49.6 Å². The van der Waals surface area contributed by atoms with Crippen LogP contribution in [0.25, 0.3) is 11.5 Å². The van der Waals surface area contributed by atoms with Crippen LogP contribution in [0.5, 0.6) is 5.75 Å². The molecule has 0 saturated heterocycles. The van der Waals surface area contributed by atoms with Crippen LogP contribution in [0.1, 0.15) is 30.9 Å². The van der Waals surface area contributed by atoms with E-state index in [-0.39, 0.29) is 19.9 Å². The number of nitrogens with one attached hydrogen (secondary N) is 1. The molecule has 0 aliphatic heterocycles. The van der Waals surface area contributed by atoms with Gasteiger partial charge in [0.1, 0.15) is 11.5 Å². The molecular weight excluding hydrogens is 380 g/mol. The van der Waals surface area contributed by atoms with Crippen LogP contribution >= 0.6 is 0 Å². The maximum atomic E-state index is 11.1. The molecule has 0 amide bonds. The number of hydrogen-bond acceptors (Lipinski definition) is 6. The van der Waals surface area contributed by atoms with E-state index in [2.05, 4.69) is 15.0 Å². The molecule has 0 aliphatic rings. The quantitative estimate of drug-likeness (QED) is 0.390. The second-order valence-electron chi connectivity index (χ2n) is 6.66. The largest absolute Gasteiger partial charge is 0.494 e. The van der Waals surface area contributed by atoms with E-state index in [4.69, 9.17) is 9.15 Å². The van der Waals surface area contributed by atoms with Crippen molar-refractivity contribution < 1.29 is 18.7 Å². The summed E-state index contributed by atoms with van der Waals surface area (Å²) in [7, 11) is 1.38. The van der Waals surface area contributed by atoms with Crippen LogP contribution < -0.4 is 10.1 Å². The monoisotopic (exact) mass is 410 g/mol. The van der Waals surface area contributed by atoms with Crippen LogP contribution in [-0.4, -0.2) is 31.2 Å². The molecule has 0 aliphatic carbocycles. The van der Waals surface area contributed by atoms with Crippen molar-refractivity contribution in [3.63, 3.8) is 0 Å². The molecule has 1 N–H and O–H groups in total. The number of carbonyl (C=O) groups is 1. The molecule has 0 bridgehead atoms. The fourth-order valence-electron chi connectivity index (χ4n) is 2.88. The summed E-state index contributed by atoms with van der Waals surface area (Å²) >= 11 is 0. The SMILES string of the molecule is C.COC(=O)CNCc1ccc(OCCCc2nc(-c3ccccc3)oc2C)cc1. The Bertz CT molecular complexity index is 905. The van der Waals surface area contributed by atoms with Gasteiger partial charge >= 0.3 is 5.97 Å².